The van der Waals surface area contributed by atoms with E-state index in [2.05, 4.69) is 47.7 Å². The SMILES string of the molecule is CCNC1(CNc2ccnc3ccc(C)cc23)COC1. The van der Waals surface area contributed by atoms with Crippen molar-refractivity contribution in [3.05, 3.63) is 36.0 Å². The van der Waals surface area contributed by atoms with Crippen LogP contribution < -0.4 is 10.6 Å². The first kappa shape index (κ1) is 13.3. The highest BCUT2D eigenvalue weighted by molar-refractivity contribution is 5.91. The Hall–Kier alpha value is -1.65. The second-order valence-corrected chi connectivity index (χ2v) is 5.54. The number of nitrogens with zero attached hydrogens (tertiary/aromatic N) is 1. The molecule has 1 saturated heterocycles. The number of nitrogens with one attached hydrogen (secondary N) is 2. The molecule has 2 heterocycles. The summed E-state index contributed by atoms with van der Waals surface area (Å²) in [5.41, 5.74) is 3.50. The fourth-order valence-corrected chi connectivity index (χ4v) is 2.67. The fraction of sp³-hybridized carbons (Fsp3) is 0.438. The zero-order chi connectivity index (χ0) is 14.0. The highest BCUT2D eigenvalue weighted by atomic mass is 16.5. The first-order valence-corrected chi connectivity index (χ1v) is 7.14. The highest BCUT2D eigenvalue weighted by Gasteiger charge is 2.37. The van der Waals surface area contributed by atoms with Crippen molar-refractivity contribution in [1.82, 2.24) is 10.3 Å². The molecule has 0 saturated carbocycles. The normalized spacial score (nSPS) is 16.9. The monoisotopic (exact) mass is 271 g/mol. The zero-order valence-electron chi connectivity index (χ0n) is 12.1. The van der Waals surface area contributed by atoms with Crippen molar-refractivity contribution in [3.8, 4) is 0 Å². The topological polar surface area (TPSA) is 46.2 Å². The molecule has 0 spiro atoms. The molecule has 0 bridgehead atoms. The second-order valence-electron chi connectivity index (χ2n) is 5.54. The fourth-order valence-electron chi connectivity index (χ4n) is 2.67. The van der Waals surface area contributed by atoms with Crippen LogP contribution in [0.4, 0.5) is 5.69 Å². The molecule has 0 amide bonds. The van der Waals surface area contributed by atoms with Gasteiger partial charge in [-0.3, -0.25) is 4.98 Å². The number of pyridine rings is 1. The summed E-state index contributed by atoms with van der Waals surface area (Å²) in [6, 6.07) is 8.39. The summed E-state index contributed by atoms with van der Waals surface area (Å²) in [6.07, 6.45) is 1.86. The zero-order valence-corrected chi connectivity index (χ0v) is 12.1. The Morgan fingerprint density at radius 2 is 2.15 bits per heavy atom. The van der Waals surface area contributed by atoms with E-state index in [-0.39, 0.29) is 5.54 Å². The predicted molar refractivity (Wildman–Crippen MR) is 82.2 cm³/mol. The van der Waals surface area contributed by atoms with Gasteiger partial charge in [0.2, 0.25) is 0 Å². The molecule has 1 fully saturated rings. The highest BCUT2D eigenvalue weighted by Crippen LogP contribution is 2.24. The van der Waals surface area contributed by atoms with E-state index in [9.17, 15) is 0 Å². The molecule has 0 aliphatic carbocycles. The second kappa shape index (κ2) is 5.38. The molecule has 1 aliphatic rings. The predicted octanol–water partition coefficient (Wildman–Crippen LogP) is 2.33. The molecule has 1 aliphatic heterocycles. The van der Waals surface area contributed by atoms with Gasteiger partial charge < -0.3 is 15.4 Å². The molecule has 2 aromatic rings. The molecule has 0 atom stereocenters. The van der Waals surface area contributed by atoms with Gasteiger partial charge in [0.1, 0.15) is 0 Å². The molecule has 1 aromatic carbocycles. The third-order valence-electron chi connectivity index (χ3n) is 3.82. The van der Waals surface area contributed by atoms with E-state index < -0.39 is 0 Å². The molecular weight excluding hydrogens is 250 g/mol. The lowest BCUT2D eigenvalue weighted by molar-refractivity contribution is -0.0660. The van der Waals surface area contributed by atoms with Gasteiger partial charge in [-0.2, -0.15) is 0 Å². The van der Waals surface area contributed by atoms with Gasteiger partial charge in [-0.1, -0.05) is 18.6 Å². The molecule has 0 unspecified atom stereocenters. The smallest absolute Gasteiger partial charge is 0.0828 e. The van der Waals surface area contributed by atoms with Gasteiger partial charge in [-0.05, 0) is 31.7 Å². The van der Waals surface area contributed by atoms with Crippen LogP contribution in [-0.4, -0.2) is 36.8 Å². The van der Waals surface area contributed by atoms with Crippen molar-refractivity contribution in [2.45, 2.75) is 19.4 Å². The quantitative estimate of drug-likeness (QED) is 0.876. The van der Waals surface area contributed by atoms with Gasteiger partial charge in [-0.25, -0.2) is 0 Å². The number of hydrogen-bond acceptors (Lipinski definition) is 4. The summed E-state index contributed by atoms with van der Waals surface area (Å²) >= 11 is 0. The van der Waals surface area contributed by atoms with E-state index in [0.29, 0.717) is 0 Å². The van der Waals surface area contributed by atoms with Crippen molar-refractivity contribution in [3.63, 3.8) is 0 Å². The number of aromatic nitrogens is 1. The van der Waals surface area contributed by atoms with Crippen LogP contribution in [-0.2, 0) is 4.74 Å². The van der Waals surface area contributed by atoms with E-state index in [1.807, 2.05) is 12.3 Å². The molecule has 20 heavy (non-hydrogen) atoms. The van der Waals surface area contributed by atoms with E-state index in [1.165, 1.54) is 10.9 Å². The Bertz CT molecular complexity index is 608. The van der Waals surface area contributed by atoms with Crippen LogP contribution in [0.25, 0.3) is 10.9 Å². The maximum absolute atomic E-state index is 5.37. The van der Waals surface area contributed by atoms with Gasteiger partial charge in [-0.15, -0.1) is 0 Å². The lowest BCUT2D eigenvalue weighted by Gasteiger charge is -2.42. The molecule has 106 valence electrons. The number of aryl methyl sites for hydroxylation is 1. The van der Waals surface area contributed by atoms with Crippen LogP contribution in [0.15, 0.2) is 30.5 Å². The number of hydrogen-bond donors (Lipinski definition) is 2. The Morgan fingerprint density at radius 1 is 1.30 bits per heavy atom. The van der Waals surface area contributed by atoms with E-state index in [0.717, 1.165) is 37.5 Å². The maximum Gasteiger partial charge on any atom is 0.0828 e. The lowest BCUT2D eigenvalue weighted by Crippen LogP contribution is -2.64. The molecule has 2 N–H and O–H groups in total. The number of benzene rings is 1. The number of anilines is 1. The Labute approximate surface area is 119 Å². The molecule has 4 heteroatoms. The molecule has 3 rings (SSSR count). The van der Waals surface area contributed by atoms with Gasteiger partial charge in [0, 0.05) is 23.8 Å². The summed E-state index contributed by atoms with van der Waals surface area (Å²) in [6.45, 7) is 7.61. The van der Waals surface area contributed by atoms with E-state index >= 15 is 0 Å². The van der Waals surface area contributed by atoms with Crippen LogP contribution in [0.3, 0.4) is 0 Å². The van der Waals surface area contributed by atoms with Crippen molar-refractivity contribution < 1.29 is 4.74 Å². The molecular formula is C16H21N3O. The van der Waals surface area contributed by atoms with E-state index in [1.54, 1.807) is 0 Å². The van der Waals surface area contributed by atoms with Crippen molar-refractivity contribution in [2.24, 2.45) is 0 Å². The molecule has 4 nitrogen and oxygen atoms in total. The third kappa shape index (κ3) is 2.49. The first-order valence-electron chi connectivity index (χ1n) is 7.14. The van der Waals surface area contributed by atoms with Crippen LogP contribution in [0.5, 0.6) is 0 Å². The van der Waals surface area contributed by atoms with Crippen molar-refractivity contribution >= 4 is 16.6 Å². The summed E-state index contributed by atoms with van der Waals surface area (Å²) in [7, 11) is 0. The Balaban J connectivity index is 1.82. The first-order chi connectivity index (χ1) is 9.72. The Kier molecular flexibility index (Phi) is 3.59. The van der Waals surface area contributed by atoms with E-state index in [4.69, 9.17) is 4.74 Å². The summed E-state index contributed by atoms with van der Waals surface area (Å²) in [4.78, 5) is 4.42. The Morgan fingerprint density at radius 3 is 2.85 bits per heavy atom. The lowest BCUT2D eigenvalue weighted by atomic mass is 9.97. The minimum atomic E-state index is 0.0775. The summed E-state index contributed by atoms with van der Waals surface area (Å²) in [5.74, 6) is 0. The largest absolute Gasteiger partial charge is 0.382 e. The summed E-state index contributed by atoms with van der Waals surface area (Å²) < 4.78 is 5.37. The van der Waals surface area contributed by atoms with Gasteiger partial charge in [0.25, 0.3) is 0 Å². The van der Waals surface area contributed by atoms with Crippen molar-refractivity contribution in [1.29, 1.82) is 0 Å². The number of fused-ring (bicyclic) bond motifs is 1. The van der Waals surface area contributed by atoms with Gasteiger partial charge in [0.15, 0.2) is 0 Å². The van der Waals surface area contributed by atoms with Crippen LogP contribution >= 0.6 is 0 Å². The minimum Gasteiger partial charge on any atom is -0.382 e. The minimum absolute atomic E-state index is 0.0775. The van der Waals surface area contributed by atoms with Gasteiger partial charge in [0.05, 0.1) is 24.3 Å². The molecule has 1 aromatic heterocycles. The van der Waals surface area contributed by atoms with Crippen LogP contribution in [0.2, 0.25) is 0 Å². The average Bonchev–Trinajstić information content (AvgIpc) is 2.41. The third-order valence-corrected chi connectivity index (χ3v) is 3.82. The number of likely N-dealkylation sites (N-methyl/N-ethyl adjacent to an activating group) is 1. The van der Waals surface area contributed by atoms with Crippen molar-refractivity contribution in [2.75, 3.05) is 31.6 Å². The number of ether oxygens (including phenoxy) is 1. The van der Waals surface area contributed by atoms with Crippen LogP contribution in [0.1, 0.15) is 12.5 Å². The standard InChI is InChI=1S/C16H21N3O/c1-3-19-16(10-20-11-16)9-18-15-6-7-17-14-5-4-12(2)8-13(14)15/h4-8,19H,3,9-11H2,1-2H3,(H,17,18). The maximum atomic E-state index is 5.37. The van der Waals surface area contributed by atoms with Gasteiger partial charge >= 0.3 is 0 Å². The van der Waals surface area contributed by atoms with Crippen LogP contribution in [0, 0.1) is 6.92 Å². The summed E-state index contributed by atoms with van der Waals surface area (Å²) in [5, 5.41) is 8.26. The average molecular weight is 271 g/mol. The number of rotatable bonds is 5. The molecule has 0 radical (unpaired) electrons.